The van der Waals surface area contributed by atoms with Crippen LogP contribution >= 0.6 is 28.1 Å². The maximum atomic E-state index is 12.0. The maximum Gasteiger partial charge on any atom is 0.237 e. The molecule has 3 N–H and O–H groups in total. The number of nitrogens with one attached hydrogen (secondary N) is 1. The van der Waals surface area contributed by atoms with Crippen molar-refractivity contribution in [2.45, 2.75) is 19.8 Å². The van der Waals surface area contributed by atoms with E-state index in [-0.39, 0.29) is 5.91 Å². The van der Waals surface area contributed by atoms with Crippen molar-refractivity contribution in [2.75, 3.05) is 5.32 Å². The van der Waals surface area contributed by atoms with Crippen molar-refractivity contribution >= 4 is 44.7 Å². The smallest absolute Gasteiger partial charge is 0.237 e. The van der Waals surface area contributed by atoms with Gasteiger partial charge in [0.05, 0.1) is 10.4 Å². The number of benzene rings is 1. The lowest BCUT2D eigenvalue weighted by atomic mass is 10.1. The molecule has 0 saturated heterocycles. The third-order valence-electron chi connectivity index (χ3n) is 3.09. The Kier molecular flexibility index (Phi) is 3.23. The van der Waals surface area contributed by atoms with Crippen LogP contribution in [-0.2, 0) is 4.79 Å². The zero-order chi connectivity index (χ0) is 12.6. The Bertz CT molecular complexity index is 497. The molecule has 1 fully saturated rings. The molecule has 5 heteroatoms. The molecule has 0 bridgehead atoms. The molecule has 0 spiro atoms. The van der Waals surface area contributed by atoms with Gasteiger partial charge in [0.1, 0.15) is 0 Å². The highest BCUT2D eigenvalue weighted by molar-refractivity contribution is 9.10. The summed E-state index contributed by atoms with van der Waals surface area (Å²) in [7, 11) is 0. The van der Waals surface area contributed by atoms with Gasteiger partial charge in [-0.2, -0.15) is 0 Å². The Morgan fingerprint density at radius 2 is 2.18 bits per heavy atom. The topological polar surface area (TPSA) is 55.1 Å². The molecular formula is C12H13BrN2OS. The van der Waals surface area contributed by atoms with E-state index in [0.717, 1.165) is 28.6 Å². The summed E-state index contributed by atoms with van der Waals surface area (Å²) in [6.07, 6.45) is 1.50. The van der Waals surface area contributed by atoms with Crippen LogP contribution in [0.25, 0.3) is 0 Å². The minimum Gasteiger partial charge on any atom is -0.392 e. The van der Waals surface area contributed by atoms with Crippen molar-refractivity contribution in [3.05, 3.63) is 28.2 Å². The summed E-state index contributed by atoms with van der Waals surface area (Å²) in [5, 5.41) is 2.86. The molecule has 0 atom stereocenters. The van der Waals surface area contributed by atoms with Crippen molar-refractivity contribution in [1.29, 1.82) is 0 Å². The highest BCUT2D eigenvalue weighted by atomic mass is 79.9. The molecule has 1 aliphatic carbocycles. The number of carbonyl (C=O) groups is 1. The predicted molar refractivity (Wildman–Crippen MR) is 76.0 cm³/mol. The summed E-state index contributed by atoms with van der Waals surface area (Å²) in [4.78, 5) is 12.3. The van der Waals surface area contributed by atoms with Crippen molar-refractivity contribution in [2.24, 2.45) is 11.1 Å². The Hall–Kier alpha value is -0.940. The molecular weight excluding hydrogens is 300 g/mol. The Morgan fingerprint density at radius 3 is 2.65 bits per heavy atom. The number of carbonyl (C=O) groups excluding carboxylic acids is 1. The van der Waals surface area contributed by atoms with Gasteiger partial charge in [-0.05, 0) is 37.5 Å². The molecule has 1 aliphatic rings. The van der Waals surface area contributed by atoms with Gasteiger partial charge in [0.15, 0.2) is 0 Å². The predicted octanol–water partition coefficient (Wildman–Crippen LogP) is 2.76. The fourth-order valence-electron chi connectivity index (χ4n) is 1.63. The minimum atomic E-state index is -0.604. The number of hydrogen-bond acceptors (Lipinski definition) is 2. The second-order valence-corrected chi connectivity index (χ2v) is 5.66. The van der Waals surface area contributed by atoms with Gasteiger partial charge in [0.2, 0.25) is 5.91 Å². The van der Waals surface area contributed by atoms with Gasteiger partial charge in [-0.15, -0.1) is 0 Å². The minimum absolute atomic E-state index is 0.0965. The first-order valence-corrected chi connectivity index (χ1v) is 6.53. The van der Waals surface area contributed by atoms with Gasteiger partial charge in [0.25, 0.3) is 0 Å². The first-order valence-electron chi connectivity index (χ1n) is 5.33. The van der Waals surface area contributed by atoms with Gasteiger partial charge in [-0.1, -0.05) is 34.2 Å². The van der Waals surface area contributed by atoms with E-state index in [9.17, 15) is 4.79 Å². The largest absolute Gasteiger partial charge is 0.392 e. The van der Waals surface area contributed by atoms with Crippen molar-refractivity contribution < 1.29 is 4.79 Å². The third kappa shape index (κ3) is 2.35. The SMILES string of the molecule is Cc1ccc(NC(=O)C2(C(N)=S)CC2)cc1Br. The molecule has 0 unspecified atom stereocenters. The second kappa shape index (κ2) is 4.38. The first kappa shape index (κ1) is 12.5. The molecule has 3 nitrogen and oxygen atoms in total. The van der Waals surface area contributed by atoms with Crippen LogP contribution in [0.3, 0.4) is 0 Å². The molecule has 1 aromatic carbocycles. The van der Waals surface area contributed by atoms with Crippen molar-refractivity contribution in [3.8, 4) is 0 Å². The molecule has 1 aromatic rings. The van der Waals surface area contributed by atoms with Gasteiger partial charge in [-0.25, -0.2) is 0 Å². The van der Waals surface area contributed by atoms with E-state index >= 15 is 0 Å². The number of aryl methyl sites for hydroxylation is 1. The fraction of sp³-hybridized carbons (Fsp3) is 0.333. The Labute approximate surface area is 114 Å². The number of hydrogen-bond donors (Lipinski definition) is 2. The molecule has 1 saturated carbocycles. The van der Waals surface area contributed by atoms with Crippen LogP contribution in [0.4, 0.5) is 5.69 Å². The highest BCUT2D eigenvalue weighted by Gasteiger charge is 2.52. The zero-order valence-corrected chi connectivity index (χ0v) is 11.8. The standard InChI is InChI=1S/C12H13BrN2OS/c1-7-2-3-8(6-9(7)13)15-11(16)12(4-5-12)10(14)17/h2-3,6H,4-5H2,1H3,(H2,14,17)(H,15,16). The molecule has 0 aliphatic heterocycles. The number of nitrogens with two attached hydrogens (primary N) is 1. The maximum absolute atomic E-state index is 12.0. The lowest BCUT2D eigenvalue weighted by Gasteiger charge is -2.14. The average Bonchev–Trinajstić information content (AvgIpc) is 3.04. The zero-order valence-electron chi connectivity index (χ0n) is 9.42. The Morgan fingerprint density at radius 1 is 1.53 bits per heavy atom. The number of amides is 1. The second-order valence-electron chi connectivity index (χ2n) is 4.36. The summed E-state index contributed by atoms with van der Waals surface area (Å²) in [6, 6.07) is 5.69. The average molecular weight is 313 g/mol. The van der Waals surface area contributed by atoms with Gasteiger partial charge < -0.3 is 11.1 Å². The van der Waals surface area contributed by atoms with Crippen LogP contribution < -0.4 is 11.1 Å². The normalized spacial score (nSPS) is 16.4. The number of thiocarbonyl (C=S) groups is 1. The molecule has 0 heterocycles. The summed E-state index contributed by atoms with van der Waals surface area (Å²) < 4.78 is 0.968. The lowest BCUT2D eigenvalue weighted by Crippen LogP contribution is -2.35. The van der Waals surface area contributed by atoms with E-state index in [0.29, 0.717) is 4.99 Å². The molecule has 2 rings (SSSR count). The van der Waals surface area contributed by atoms with Crippen LogP contribution in [0.15, 0.2) is 22.7 Å². The lowest BCUT2D eigenvalue weighted by molar-refractivity contribution is -0.118. The Balaban J connectivity index is 2.14. The fourth-order valence-corrected chi connectivity index (χ4v) is 2.31. The van der Waals surface area contributed by atoms with Gasteiger partial charge in [-0.3, -0.25) is 4.79 Å². The first-order chi connectivity index (χ1) is 7.95. The number of halogens is 1. The van der Waals surface area contributed by atoms with Gasteiger partial charge in [0, 0.05) is 10.2 Å². The van der Waals surface area contributed by atoms with E-state index in [4.69, 9.17) is 18.0 Å². The summed E-state index contributed by atoms with van der Waals surface area (Å²) in [5.74, 6) is -0.0965. The van der Waals surface area contributed by atoms with Crippen molar-refractivity contribution in [3.63, 3.8) is 0 Å². The van der Waals surface area contributed by atoms with Crippen LogP contribution in [-0.4, -0.2) is 10.9 Å². The summed E-state index contributed by atoms with van der Waals surface area (Å²) in [6.45, 7) is 1.99. The monoisotopic (exact) mass is 312 g/mol. The number of rotatable bonds is 3. The molecule has 0 aromatic heterocycles. The highest BCUT2D eigenvalue weighted by Crippen LogP contribution is 2.46. The quantitative estimate of drug-likeness (QED) is 0.844. The van der Waals surface area contributed by atoms with E-state index in [1.165, 1.54) is 0 Å². The van der Waals surface area contributed by atoms with Crippen LogP contribution in [0.2, 0.25) is 0 Å². The van der Waals surface area contributed by atoms with Crippen LogP contribution in [0.1, 0.15) is 18.4 Å². The van der Waals surface area contributed by atoms with Crippen molar-refractivity contribution in [1.82, 2.24) is 0 Å². The van der Waals surface area contributed by atoms with E-state index in [1.807, 2.05) is 25.1 Å². The van der Waals surface area contributed by atoms with Gasteiger partial charge >= 0.3 is 0 Å². The van der Waals surface area contributed by atoms with E-state index in [1.54, 1.807) is 0 Å². The van der Waals surface area contributed by atoms with Crippen LogP contribution in [0.5, 0.6) is 0 Å². The molecule has 0 radical (unpaired) electrons. The van der Waals surface area contributed by atoms with Crippen LogP contribution in [0, 0.1) is 12.3 Å². The molecule has 1 amide bonds. The van der Waals surface area contributed by atoms with E-state index in [2.05, 4.69) is 21.2 Å². The molecule has 90 valence electrons. The number of anilines is 1. The summed E-state index contributed by atoms with van der Waals surface area (Å²) in [5.41, 5.74) is 6.88. The summed E-state index contributed by atoms with van der Waals surface area (Å²) >= 11 is 8.37. The van der Waals surface area contributed by atoms with E-state index < -0.39 is 5.41 Å². The third-order valence-corrected chi connectivity index (χ3v) is 4.33. The molecule has 17 heavy (non-hydrogen) atoms.